The summed E-state index contributed by atoms with van der Waals surface area (Å²) in [6.07, 6.45) is 1.03. The molecule has 1 N–H and O–H groups in total. The number of ether oxygens (including phenoxy) is 1. The fourth-order valence-electron chi connectivity index (χ4n) is 1.33. The summed E-state index contributed by atoms with van der Waals surface area (Å²) in [4.78, 5) is 21.7. The normalized spacial score (nSPS) is 9.76. The molecule has 0 atom stereocenters. The van der Waals surface area contributed by atoms with Gasteiger partial charge in [-0.1, -0.05) is 6.92 Å². The van der Waals surface area contributed by atoms with Gasteiger partial charge in [-0.3, -0.25) is 14.9 Å². The van der Waals surface area contributed by atoms with Gasteiger partial charge in [-0.25, -0.2) is 0 Å². The molecule has 0 unspecified atom stereocenters. The monoisotopic (exact) mass is 238 g/mol. The fourth-order valence-corrected chi connectivity index (χ4v) is 1.33. The maximum atomic E-state index is 11.4. The van der Waals surface area contributed by atoms with Crippen LogP contribution in [-0.4, -0.2) is 17.9 Å². The molecular formula is C11H14N2O4. The predicted molar refractivity (Wildman–Crippen MR) is 63.2 cm³/mol. The van der Waals surface area contributed by atoms with Gasteiger partial charge in [-0.2, -0.15) is 0 Å². The molecule has 17 heavy (non-hydrogen) atoms. The number of hydrogen-bond donors (Lipinski definition) is 1. The van der Waals surface area contributed by atoms with Crippen molar-refractivity contribution < 1.29 is 14.5 Å². The highest BCUT2D eigenvalue weighted by molar-refractivity contribution is 5.93. The lowest BCUT2D eigenvalue weighted by Crippen LogP contribution is -2.12. The van der Waals surface area contributed by atoms with E-state index in [-0.39, 0.29) is 17.3 Å². The van der Waals surface area contributed by atoms with E-state index >= 15 is 0 Å². The minimum Gasteiger partial charge on any atom is -0.496 e. The van der Waals surface area contributed by atoms with Crippen molar-refractivity contribution in [3.05, 3.63) is 28.3 Å². The Hall–Kier alpha value is -2.11. The van der Waals surface area contributed by atoms with Gasteiger partial charge in [0.05, 0.1) is 18.1 Å². The molecule has 0 bridgehead atoms. The number of carbonyl (C=O) groups is 1. The van der Waals surface area contributed by atoms with Crippen molar-refractivity contribution >= 4 is 17.3 Å². The smallest absolute Gasteiger partial charge is 0.296 e. The van der Waals surface area contributed by atoms with Crippen molar-refractivity contribution in [1.29, 1.82) is 0 Å². The Kier molecular flexibility index (Phi) is 4.45. The average molecular weight is 238 g/mol. The van der Waals surface area contributed by atoms with Crippen LogP contribution in [0, 0.1) is 10.1 Å². The van der Waals surface area contributed by atoms with Gasteiger partial charge in [-0.15, -0.1) is 0 Å². The molecule has 6 heteroatoms. The molecule has 0 fully saturated rings. The maximum Gasteiger partial charge on any atom is 0.296 e. The van der Waals surface area contributed by atoms with Crippen molar-refractivity contribution in [3.63, 3.8) is 0 Å². The molecule has 6 nitrogen and oxygen atoms in total. The molecule has 0 aromatic heterocycles. The van der Waals surface area contributed by atoms with Gasteiger partial charge in [-0.05, 0) is 18.6 Å². The highest BCUT2D eigenvalue weighted by atomic mass is 16.6. The first kappa shape index (κ1) is 13.0. The van der Waals surface area contributed by atoms with Crippen LogP contribution >= 0.6 is 0 Å². The first-order valence-corrected chi connectivity index (χ1v) is 5.20. The summed E-state index contributed by atoms with van der Waals surface area (Å²) in [5.41, 5.74) is 0.0167. The minimum absolute atomic E-state index is 0.172. The second-order valence-electron chi connectivity index (χ2n) is 3.44. The molecule has 1 amide bonds. The Morgan fingerprint density at radius 3 is 2.76 bits per heavy atom. The molecule has 0 radical (unpaired) electrons. The summed E-state index contributed by atoms with van der Waals surface area (Å²) >= 11 is 0. The third-order valence-electron chi connectivity index (χ3n) is 2.15. The van der Waals surface area contributed by atoms with Crippen LogP contribution in [0.1, 0.15) is 19.8 Å². The first-order valence-electron chi connectivity index (χ1n) is 5.20. The van der Waals surface area contributed by atoms with E-state index in [2.05, 4.69) is 5.32 Å². The molecule has 0 saturated carbocycles. The van der Waals surface area contributed by atoms with E-state index in [4.69, 9.17) is 4.74 Å². The second kappa shape index (κ2) is 5.83. The summed E-state index contributed by atoms with van der Waals surface area (Å²) in [5.74, 6) is 0.144. The lowest BCUT2D eigenvalue weighted by molar-refractivity contribution is -0.384. The SMILES string of the molecule is CCCC(=O)Nc1ccc(OC)cc1[N+](=O)[O-]. The minimum atomic E-state index is -0.552. The highest BCUT2D eigenvalue weighted by Gasteiger charge is 2.16. The third-order valence-corrected chi connectivity index (χ3v) is 2.15. The standard InChI is InChI=1S/C11H14N2O4/c1-3-4-11(14)12-9-6-5-8(17-2)7-10(9)13(15)16/h5-7H,3-4H2,1-2H3,(H,12,14). The Bertz CT molecular complexity index is 431. The molecular weight excluding hydrogens is 224 g/mol. The molecule has 92 valence electrons. The lowest BCUT2D eigenvalue weighted by Gasteiger charge is -2.06. The van der Waals surface area contributed by atoms with Crippen LogP contribution in [0.25, 0.3) is 0 Å². The molecule has 0 aliphatic carbocycles. The van der Waals surface area contributed by atoms with Crippen molar-refractivity contribution in [3.8, 4) is 5.75 Å². The number of hydrogen-bond acceptors (Lipinski definition) is 4. The van der Waals surface area contributed by atoms with E-state index in [1.165, 1.54) is 19.2 Å². The van der Waals surface area contributed by atoms with E-state index in [0.29, 0.717) is 18.6 Å². The topological polar surface area (TPSA) is 81.5 Å². The van der Waals surface area contributed by atoms with Crippen LogP contribution in [0.4, 0.5) is 11.4 Å². The van der Waals surface area contributed by atoms with E-state index < -0.39 is 4.92 Å². The van der Waals surface area contributed by atoms with Gasteiger partial charge in [0, 0.05) is 6.42 Å². The van der Waals surface area contributed by atoms with Gasteiger partial charge in [0.15, 0.2) is 0 Å². The van der Waals surface area contributed by atoms with Crippen molar-refractivity contribution in [2.75, 3.05) is 12.4 Å². The van der Waals surface area contributed by atoms with Gasteiger partial charge < -0.3 is 10.1 Å². The average Bonchev–Trinajstić information content (AvgIpc) is 2.29. The fraction of sp³-hybridized carbons (Fsp3) is 0.364. The van der Waals surface area contributed by atoms with E-state index in [1.807, 2.05) is 6.92 Å². The van der Waals surface area contributed by atoms with Crippen molar-refractivity contribution in [2.45, 2.75) is 19.8 Å². The van der Waals surface area contributed by atoms with E-state index in [9.17, 15) is 14.9 Å². The molecule has 1 aromatic carbocycles. The largest absolute Gasteiger partial charge is 0.496 e. The zero-order chi connectivity index (χ0) is 12.8. The number of benzene rings is 1. The summed E-state index contributed by atoms with van der Waals surface area (Å²) in [7, 11) is 1.42. The van der Waals surface area contributed by atoms with Crippen LogP contribution in [0.15, 0.2) is 18.2 Å². The number of methoxy groups -OCH3 is 1. The zero-order valence-electron chi connectivity index (χ0n) is 9.73. The number of anilines is 1. The number of nitro groups is 1. The van der Waals surface area contributed by atoms with Crippen LogP contribution in [0.3, 0.4) is 0 Å². The number of carbonyl (C=O) groups excluding carboxylic acids is 1. The van der Waals surface area contributed by atoms with Gasteiger partial charge in [0.25, 0.3) is 5.69 Å². The lowest BCUT2D eigenvalue weighted by atomic mass is 10.2. The van der Waals surface area contributed by atoms with E-state index in [0.717, 1.165) is 0 Å². The zero-order valence-corrected chi connectivity index (χ0v) is 9.73. The number of nitrogens with zero attached hydrogens (tertiary/aromatic N) is 1. The Labute approximate surface area is 98.7 Å². The molecule has 0 saturated heterocycles. The molecule has 0 heterocycles. The van der Waals surface area contributed by atoms with Crippen LogP contribution < -0.4 is 10.1 Å². The van der Waals surface area contributed by atoms with Gasteiger partial charge >= 0.3 is 0 Å². The Balaban J connectivity index is 2.98. The molecule has 1 aromatic rings. The molecule has 0 aliphatic rings. The number of amides is 1. The van der Waals surface area contributed by atoms with Crippen LogP contribution in [-0.2, 0) is 4.79 Å². The summed E-state index contributed by atoms with van der Waals surface area (Å²) in [6, 6.07) is 4.31. The van der Waals surface area contributed by atoms with Gasteiger partial charge in [0.2, 0.25) is 5.91 Å². The summed E-state index contributed by atoms with van der Waals surface area (Å²) < 4.78 is 4.90. The van der Waals surface area contributed by atoms with Gasteiger partial charge in [0.1, 0.15) is 11.4 Å². The van der Waals surface area contributed by atoms with Crippen LogP contribution in [0.5, 0.6) is 5.75 Å². The number of nitrogens with one attached hydrogen (secondary N) is 1. The highest BCUT2D eigenvalue weighted by Crippen LogP contribution is 2.28. The molecule has 0 spiro atoms. The maximum absolute atomic E-state index is 11.4. The first-order chi connectivity index (χ1) is 8.08. The third kappa shape index (κ3) is 3.44. The second-order valence-corrected chi connectivity index (χ2v) is 3.44. The molecule has 0 aliphatic heterocycles. The Morgan fingerprint density at radius 2 is 2.24 bits per heavy atom. The molecule has 1 rings (SSSR count). The van der Waals surface area contributed by atoms with Crippen molar-refractivity contribution in [2.24, 2.45) is 0 Å². The van der Waals surface area contributed by atoms with Crippen molar-refractivity contribution in [1.82, 2.24) is 0 Å². The number of rotatable bonds is 5. The van der Waals surface area contributed by atoms with E-state index in [1.54, 1.807) is 6.07 Å². The summed E-state index contributed by atoms with van der Waals surface area (Å²) in [5, 5.41) is 13.3. The quantitative estimate of drug-likeness (QED) is 0.630. The predicted octanol–water partition coefficient (Wildman–Crippen LogP) is 2.34. The van der Waals surface area contributed by atoms with Crippen LogP contribution in [0.2, 0.25) is 0 Å². The summed E-state index contributed by atoms with van der Waals surface area (Å²) in [6.45, 7) is 1.86. The Morgan fingerprint density at radius 1 is 1.53 bits per heavy atom. The number of nitro benzene ring substituents is 1.